The van der Waals surface area contributed by atoms with E-state index >= 15 is 0 Å². The van der Waals surface area contributed by atoms with Gasteiger partial charge in [0, 0.05) is 12.0 Å². The Bertz CT molecular complexity index is 414. The molecule has 1 unspecified atom stereocenters. The van der Waals surface area contributed by atoms with Crippen LogP contribution in [0.15, 0.2) is 18.2 Å². The SMILES string of the molecule is CCC(C)(CN)C(=O)c1cc(F)ccc1OC. The summed E-state index contributed by atoms with van der Waals surface area (Å²) in [7, 11) is 1.45. The number of Topliss-reactive ketones (excluding diaryl/α,β-unsaturated/α-hetero) is 1. The summed E-state index contributed by atoms with van der Waals surface area (Å²) in [6.45, 7) is 3.89. The molecule has 0 fully saturated rings. The topological polar surface area (TPSA) is 52.3 Å². The summed E-state index contributed by atoms with van der Waals surface area (Å²) < 4.78 is 18.3. The van der Waals surface area contributed by atoms with Crippen LogP contribution in [-0.4, -0.2) is 19.4 Å². The molecule has 94 valence electrons. The third-order valence-corrected chi connectivity index (χ3v) is 3.19. The van der Waals surface area contributed by atoms with Crippen molar-refractivity contribution in [1.29, 1.82) is 0 Å². The van der Waals surface area contributed by atoms with E-state index in [9.17, 15) is 9.18 Å². The van der Waals surface area contributed by atoms with E-state index in [1.807, 2.05) is 6.92 Å². The number of halogens is 1. The maximum atomic E-state index is 13.2. The summed E-state index contributed by atoms with van der Waals surface area (Å²) in [5.41, 5.74) is 5.20. The van der Waals surface area contributed by atoms with Gasteiger partial charge in [0.05, 0.1) is 12.7 Å². The molecular weight excluding hydrogens is 221 g/mol. The molecule has 3 nitrogen and oxygen atoms in total. The quantitative estimate of drug-likeness (QED) is 0.803. The monoisotopic (exact) mass is 239 g/mol. The number of carbonyl (C=O) groups is 1. The molecule has 0 heterocycles. The minimum Gasteiger partial charge on any atom is -0.496 e. The van der Waals surface area contributed by atoms with Crippen molar-refractivity contribution < 1.29 is 13.9 Å². The fourth-order valence-corrected chi connectivity index (χ4v) is 1.58. The van der Waals surface area contributed by atoms with Gasteiger partial charge in [-0.3, -0.25) is 4.79 Å². The van der Waals surface area contributed by atoms with E-state index in [1.165, 1.54) is 25.3 Å². The summed E-state index contributed by atoms with van der Waals surface area (Å²) in [5, 5.41) is 0. The molecule has 1 atom stereocenters. The number of methoxy groups -OCH3 is 1. The van der Waals surface area contributed by atoms with Crippen LogP contribution in [0.2, 0.25) is 0 Å². The van der Waals surface area contributed by atoms with E-state index in [0.29, 0.717) is 12.2 Å². The van der Waals surface area contributed by atoms with E-state index in [2.05, 4.69) is 0 Å². The number of hydrogen-bond donors (Lipinski definition) is 1. The lowest BCUT2D eigenvalue weighted by Crippen LogP contribution is -2.35. The first-order valence-corrected chi connectivity index (χ1v) is 5.57. The van der Waals surface area contributed by atoms with Crippen LogP contribution in [0.3, 0.4) is 0 Å². The summed E-state index contributed by atoms with van der Waals surface area (Å²) in [5.74, 6) is -0.256. The number of ketones is 1. The van der Waals surface area contributed by atoms with Crippen LogP contribution in [0.5, 0.6) is 5.75 Å². The molecule has 0 spiro atoms. The van der Waals surface area contributed by atoms with Crippen LogP contribution in [0.4, 0.5) is 4.39 Å². The molecule has 1 aromatic carbocycles. The van der Waals surface area contributed by atoms with Crippen molar-refractivity contribution in [2.24, 2.45) is 11.1 Å². The Kier molecular flexibility index (Phi) is 4.23. The highest BCUT2D eigenvalue weighted by molar-refractivity contribution is 6.02. The van der Waals surface area contributed by atoms with Gasteiger partial charge < -0.3 is 10.5 Å². The zero-order chi connectivity index (χ0) is 13.1. The predicted molar refractivity (Wildman–Crippen MR) is 64.7 cm³/mol. The number of hydrogen-bond acceptors (Lipinski definition) is 3. The molecule has 0 saturated heterocycles. The Morgan fingerprint density at radius 3 is 2.65 bits per heavy atom. The van der Waals surface area contributed by atoms with E-state index in [4.69, 9.17) is 10.5 Å². The second-order valence-electron chi connectivity index (χ2n) is 4.29. The predicted octanol–water partition coefficient (Wildman–Crippen LogP) is 2.39. The first kappa shape index (κ1) is 13.6. The molecule has 4 heteroatoms. The largest absolute Gasteiger partial charge is 0.496 e. The molecule has 1 rings (SSSR count). The molecule has 0 aliphatic carbocycles. The highest BCUT2D eigenvalue weighted by atomic mass is 19.1. The molecule has 0 aromatic heterocycles. The molecule has 0 amide bonds. The van der Waals surface area contributed by atoms with Crippen molar-refractivity contribution in [3.05, 3.63) is 29.6 Å². The van der Waals surface area contributed by atoms with Gasteiger partial charge in [-0.05, 0) is 24.6 Å². The number of benzene rings is 1. The van der Waals surface area contributed by atoms with Gasteiger partial charge in [-0.1, -0.05) is 13.8 Å². The highest BCUT2D eigenvalue weighted by Crippen LogP contribution is 2.30. The van der Waals surface area contributed by atoms with Crippen LogP contribution in [0, 0.1) is 11.2 Å². The second kappa shape index (κ2) is 5.27. The molecule has 0 radical (unpaired) electrons. The van der Waals surface area contributed by atoms with Gasteiger partial charge in [0.15, 0.2) is 5.78 Å². The summed E-state index contributed by atoms with van der Waals surface area (Å²) >= 11 is 0. The van der Waals surface area contributed by atoms with Crippen molar-refractivity contribution in [2.45, 2.75) is 20.3 Å². The van der Waals surface area contributed by atoms with E-state index in [-0.39, 0.29) is 17.9 Å². The lowest BCUT2D eigenvalue weighted by atomic mass is 9.80. The fraction of sp³-hybridized carbons (Fsp3) is 0.462. The molecule has 2 N–H and O–H groups in total. The molecule has 0 saturated carbocycles. The van der Waals surface area contributed by atoms with Gasteiger partial charge in [-0.15, -0.1) is 0 Å². The van der Waals surface area contributed by atoms with E-state index in [0.717, 1.165) is 0 Å². The first-order chi connectivity index (χ1) is 7.98. The molecular formula is C13H18FNO2. The maximum Gasteiger partial charge on any atom is 0.173 e. The Balaban J connectivity index is 3.23. The normalized spacial score (nSPS) is 14.2. The Hall–Kier alpha value is -1.42. The lowest BCUT2D eigenvalue weighted by Gasteiger charge is -2.25. The minimum atomic E-state index is -0.679. The zero-order valence-electron chi connectivity index (χ0n) is 10.4. The van der Waals surface area contributed by atoms with Crippen molar-refractivity contribution >= 4 is 5.78 Å². The molecule has 0 bridgehead atoms. The van der Waals surface area contributed by atoms with Gasteiger partial charge in [0.25, 0.3) is 0 Å². The van der Waals surface area contributed by atoms with Gasteiger partial charge in [-0.2, -0.15) is 0 Å². The third kappa shape index (κ3) is 2.64. The summed E-state index contributed by atoms with van der Waals surface area (Å²) in [6.07, 6.45) is 0.599. The Morgan fingerprint density at radius 1 is 1.53 bits per heavy atom. The molecule has 1 aromatic rings. The van der Waals surface area contributed by atoms with E-state index < -0.39 is 11.2 Å². The first-order valence-electron chi connectivity index (χ1n) is 5.57. The van der Waals surface area contributed by atoms with Crippen molar-refractivity contribution in [1.82, 2.24) is 0 Å². The standard InChI is InChI=1S/C13H18FNO2/c1-4-13(2,8-15)12(16)10-7-9(14)5-6-11(10)17-3/h5-7H,4,8,15H2,1-3H3. The summed E-state index contributed by atoms with van der Waals surface area (Å²) in [4.78, 5) is 12.3. The van der Waals surface area contributed by atoms with Crippen molar-refractivity contribution in [2.75, 3.05) is 13.7 Å². The van der Waals surface area contributed by atoms with Crippen LogP contribution in [0.1, 0.15) is 30.6 Å². The minimum absolute atomic E-state index is 0.182. The highest BCUT2D eigenvalue weighted by Gasteiger charge is 2.32. The number of rotatable bonds is 5. The molecule has 17 heavy (non-hydrogen) atoms. The van der Waals surface area contributed by atoms with Gasteiger partial charge >= 0.3 is 0 Å². The Labute approximate surface area is 101 Å². The van der Waals surface area contributed by atoms with E-state index in [1.54, 1.807) is 6.92 Å². The van der Waals surface area contributed by atoms with Gasteiger partial charge in [-0.25, -0.2) is 4.39 Å². The van der Waals surface area contributed by atoms with Crippen LogP contribution in [0.25, 0.3) is 0 Å². The Morgan fingerprint density at radius 2 is 2.18 bits per heavy atom. The lowest BCUT2D eigenvalue weighted by molar-refractivity contribution is 0.0816. The van der Waals surface area contributed by atoms with Crippen LogP contribution < -0.4 is 10.5 Å². The van der Waals surface area contributed by atoms with Crippen molar-refractivity contribution in [3.8, 4) is 5.75 Å². The van der Waals surface area contributed by atoms with Crippen molar-refractivity contribution in [3.63, 3.8) is 0 Å². The van der Waals surface area contributed by atoms with Gasteiger partial charge in [0.1, 0.15) is 11.6 Å². The number of nitrogens with two attached hydrogens (primary N) is 1. The maximum absolute atomic E-state index is 13.2. The second-order valence-corrected chi connectivity index (χ2v) is 4.29. The summed E-state index contributed by atoms with van der Waals surface area (Å²) in [6, 6.07) is 3.92. The third-order valence-electron chi connectivity index (χ3n) is 3.19. The van der Waals surface area contributed by atoms with Crippen LogP contribution in [-0.2, 0) is 0 Å². The molecule has 0 aliphatic heterocycles. The number of ether oxygens (including phenoxy) is 1. The fourth-order valence-electron chi connectivity index (χ4n) is 1.58. The average molecular weight is 239 g/mol. The zero-order valence-corrected chi connectivity index (χ0v) is 10.4. The average Bonchev–Trinajstić information content (AvgIpc) is 2.36. The smallest absolute Gasteiger partial charge is 0.173 e. The molecule has 0 aliphatic rings. The van der Waals surface area contributed by atoms with Gasteiger partial charge in [0.2, 0.25) is 0 Å². The van der Waals surface area contributed by atoms with Crippen LogP contribution >= 0.6 is 0 Å². The number of carbonyl (C=O) groups excluding carboxylic acids is 1.